The first-order valence-corrected chi connectivity index (χ1v) is 13.5. The lowest BCUT2D eigenvalue weighted by Gasteiger charge is -2.40. The first-order chi connectivity index (χ1) is 19.6. The highest BCUT2D eigenvalue weighted by atomic mass is 32.1. The van der Waals surface area contributed by atoms with Crippen LogP contribution in [0.5, 0.6) is 0 Å². The maximum atomic E-state index is 16.0. The second-order valence-corrected chi connectivity index (χ2v) is 10.5. The Bertz CT molecular complexity index is 1750. The number of piperazine rings is 1. The number of carbonyl (C=O) groups is 1. The molecule has 0 N–H and O–H groups in total. The molecule has 1 aromatic carbocycles. The molecule has 1 aliphatic rings. The van der Waals surface area contributed by atoms with Gasteiger partial charge in [-0.05, 0) is 30.5 Å². The average Bonchev–Trinajstić information content (AvgIpc) is 3.42. The maximum Gasteiger partial charge on any atom is 0.356 e. The Balaban J connectivity index is 1.78. The van der Waals surface area contributed by atoms with Crippen molar-refractivity contribution >= 4 is 40.2 Å². The van der Waals surface area contributed by atoms with Gasteiger partial charge in [0, 0.05) is 31.2 Å². The quantitative estimate of drug-likeness (QED) is 0.316. The van der Waals surface area contributed by atoms with Gasteiger partial charge in [0.25, 0.3) is 0 Å². The molecule has 3 aromatic heterocycles. The van der Waals surface area contributed by atoms with Gasteiger partial charge in [-0.3, -0.25) is 4.79 Å². The fourth-order valence-electron chi connectivity index (χ4n) is 4.95. The third kappa shape index (κ3) is 4.65. The van der Waals surface area contributed by atoms with Gasteiger partial charge >= 0.3 is 5.69 Å². The number of anilines is 1. The van der Waals surface area contributed by atoms with Crippen molar-refractivity contribution in [1.82, 2.24) is 24.4 Å². The lowest BCUT2D eigenvalue weighted by atomic mass is 10.0. The number of halogens is 1. The van der Waals surface area contributed by atoms with Crippen molar-refractivity contribution in [2.24, 2.45) is 0 Å². The average molecular weight is 547 g/mol. The summed E-state index contributed by atoms with van der Waals surface area (Å²) in [5.74, 6) is -0.512. The normalized spacial score (nSPS) is 16.3. The van der Waals surface area contributed by atoms with E-state index in [-0.39, 0.29) is 29.2 Å². The molecule has 1 fully saturated rings. The van der Waals surface area contributed by atoms with Crippen molar-refractivity contribution in [1.29, 1.82) is 0 Å². The predicted octanol–water partition coefficient (Wildman–Crippen LogP) is 5.03. The molecule has 200 valence electrons. The van der Waals surface area contributed by atoms with Crippen LogP contribution in [0.15, 0.2) is 59.8 Å². The van der Waals surface area contributed by atoms with Gasteiger partial charge in [-0.2, -0.15) is 4.98 Å². The molecule has 5 rings (SSSR count). The summed E-state index contributed by atoms with van der Waals surface area (Å²) in [5, 5.41) is 0.903. The van der Waals surface area contributed by atoms with Gasteiger partial charge < -0.3 is 9.80 Å². The number of hydrogen-bond donors (Lipinski definition) is 0. The molecule has 1 aliphatic heterocycles. The zero-order chi connectivity index (χ0) is 29.4. The van der Waals surface area contributed by atoms with E-state index in [1.807, 2.05) is 25.7 Å². The largest absolute Gasteiger partial charge is 0.356 e. The summed E-state index contributed by atoms with van der Waals surface area (Å²) in [5.41, 5.74) is 2.83. The number of carbonyl (C=O) groups excluding carboxylic acids is 1. The molecule has 8 nitrogen and oxygen atoms in total. The number of hydrogen-bond acceptors (Lipinski definition) is 7. The summed E-state index contributed by atoms with van der Waals surface area (Å²) in [6.07, 6.45) is 2.59. The molecule has 0 saturated carbocycles. The second-order valence-electron chi connectivity index (χ2n) is 9.70. The highest BCUT2D eigenvalue weighted by Gasteiger charge is 2.30. The third-order valence-electron chi connectivity index (χ3n) is 6.88. The van der Waals surface area contributed by atoms with Gasteiger partial charge in [-0.1, -0.05) is 57.3 Å². The summed E-state index contributed by atoms with van der Waals surface area (Å²) in [7, 11) is 0. The Morgan fingerprint density at radius 1 is 1.28 bits per heavy atom. The monoisotopic (exact) mass is 546 g/mol. The van der Waals surface area contributed by atoms with Crippen molar-refractivity contribution in [2.75, 3.05) is 24.5 Å². The molecular formula is C29H29FN6O2S. The Hall–Kier alpha value is -4.18. The van der Waals surface area contributed by atoms with Gasteiger partial charge in [-0.25, -0.2) is 23.7 Å². The summed E-state index contributed by atoms with van der Waals surface area (Å²) in [4.78, 5) is 43.2. The number of rotatable bonds is 6. The molecule has 39 heavy (non-hydrogen) atoms. The molecule has 0 radical (unpaired) electrons. The van der Waals surface area contributed by atoms with Crippen LogP contribution < -0.4 is 10.6 Å². The van der Waals surface area contributed by atoms with E-state index in [1.165, 1.54) is 34.1 Å². The fraction of sp³-hybridized carbons (Fsp3) is 0.276. The van der Waals surface area contributed by atoms with Crippen LogP contribution in [0.3, 0.4) is 0 Å². The fourth-order valence-corrected chi connectivity index (χ4v) is 5.89. The predicted molar refractivity (Wildman–Crippen MR) is 154 cm³/mol. The molecule has 1 amide bonds. The summed E-state index contributed by atoms with van der Waals surface area (Å²) in [6, 6.07) is 7.93. The Morgan fingerprint density at radius 2 is 2.08 bits per heavy atom. The zero-order valence-electron chi connectivity index (χ0n) is 23.9. The summed E-state index contributed by atoms with van der Waals surface area (Å²) < 4.78 is 32.6. The molecule has 4 heterocycles. The van der Waals surface area contributed by atoms with Crippen molar-refractivity contribution in [3.63, 3.8) is 0 Å². The maximum absolute atomic E-state index is 16.0. The van der Waals surface area contributed by atoms with E-state index in [4.69, 9.17) is 7.73 Å². The third-order valence-corrected chi connectivity index (χ3v) is 7.71. The molecule has 0 bridgehead atoms. The molecule has 4 aromatic rings. The molecule has 10 heteroatoms. The zero-order valence-corrected chi connectivity index (χ0v) is 22.7. The van der Waals surface area contributed by atoms with Crippen LogP contribution in [-0.4, -0.2) is 56.0 Å². The smallest absolute Gasteiger partial charge is 0.350 e. The number of thiazole rings is 1. The van der Waals surface area contributed by atoms with Crippen LogP contribution in [0.2, 0.25) is 0 Å². The van der Waals surface area contributed by atoms with Crippen molar-refractivity contribution in [3.8, 4) is 16.3 Å². The minimum Gasteiger partial charge on any atom is -0.350 e. The van der Waals surface area contributed by atoms with E-state index < -0.39 is 18.0 Å². The molecule has 1 saturated heterocycles. The van der Waals surface area contributed by atoms with Crippen molar-refractivity contribution < 1.29 is 11.9 Å². The van der Waals surface area contributed by atoms with Gasteiger partial charge in [0.05, 0.1) is 19.3 Å². The molecular weight excluding hydrogens is 515 g/mol. The van der Waals surface area contributed by atoms with Crippen LogP contribution in [0.4, 0.5) is 10.2 Å². The standard InChI is InChI=1S/C29H29FN6O2S/c1-6-19-10-8-9-11-20(19)25-22(30)14-21-26(35-13-12-34(15-18(35)5)23(37)7-2)33-29(38)36(27(21)32-25)28-24(17(3)4)31-16-39-28/h6-11,14,16-18H,1-2,12-13,15H2,3-5H3/t18-/m0/s1/i1D2. The van der Waals surface area contributed by atoms with Crippen LogP contribution >= 0.6 is 11.3 Å². The lowest BCUT2D eigenvalue weighted by molar-refractivity contribution is -0.126. The van der Waals surface area contributed by atoms with E-state index >= 15 is 4.39 Å². The number of aromatic nitrogens is 4. The number of pyridine rings is 1. The highest BCUT2D eigenvalue weighted by molar-refractivity contribution is 7.12. The Labute approximate surface area is 232 Å². The SMILES string of the molecule is [2H]C([2H])=Cc1ccccc1-c1nc2c(cc1F)c(N1CCN(C(=O)C=C)C[C@@H]1C)nc(=O)n2-c1scnc1C(C)C. The summed E-state index contributed by atoms with van der Waals surface area (Å²) in [6.45, 7) is 10.2. The minimum atomic E-state index is -0.635. The van der Waals surface area contributed by atoms with Crippen LogP contribution in [0.1, 0.15) is 40.7 Å². The Kier molecular flexibility index (Phi) is 6.45. The molecule has 0 aliphatic carbocycles. The van der Waals surface area contributed by atoms with E-state index in [0.717, 1.165) is 0 Å². The second kappa shape index (κ2) is 10.5. The number of benzene rings is 1. The molecule has 1 atom stereocenters. The highest BCUT2D eigenvalue weighted by Crippen LogP contribution is 2.34. The summed E-state index contributed by atoms with van der Waals surface area (Å²) >= 11 is 1.28. The van der Waals surface area contributed by atoms with E-state index in [0.29, 0.717) is 52.7 Å². The van der Waals surface area contributed by atoms with Crippen molar-refractivity contribution in [2.45, 2.75) is 32.7 Å². The molecule has 0 unspecified atom stereocenters. The molecule has 0 spiro atoms. The van der Waals surface area contributed by atoms with E-state index in [2.05, 4.69) is 16.5 Å². The number of fused-ring (bicyclic) bond motifs is 1. The van der Waals surface area contributed by atoms with Gasteiger partial charge in [-0.15, -0.1) is 11.3 Å². The van der Waals surface area contributed by atoms with Crippen molar-refractivity contribution in [3.05, 3.63) is 82.6 Å². The van der Waals surface area contributed by atoms with E-state index in [9.17, 15) is 9.59 Å². The number of nitrogens with zero attached hydrogens (tertiary/aromatic N) is 6. The van der Waals surface area contributed by atoms with Gasteiger partial charge in [0.15, 0.2) is 5.65 Å². The van der Waals surface area contributed by atoms with Crippen LogP contribution in [0.25, 0.3) is 33.4 Å². The minimum absolute atomic E-state index is 0.00619. The van der Waals surface area contributed by atoms with Crippen LogP contribution in [0, 0.1) is 5.82 Å². The van der Waals surface area contributed by atoms with Gasteiger partial charge in [0.1, 0.15) is 22.3 Å². The first kappa shape index (κ1) is 23.9. The topological polar surface area (TPSA) is 84.2 Å². The van der Waals surface area contributed by atoms with Crippen LogP contribution in [-0.2, 0) is 4.79 Å². The van der Waals surface area contributed by atoms with E-state index in [1.54, 1.807) is 34.7 Å². The number of amides is 1. The first-order valence-electron chi connectivity index (χ1n) is 13.6. The van der Waals surface area contributed by atoms with Gasteiger partial charge in [0.2, 0.25) is 5.91 Å². The Morgan fingerprint density at radius 3 is 2.79 bits per heavy atom. The lowest BCUT2D eigenvalue weighted by Crippen LogP contribution is -2.54.